The smallest absolute Gasteiger partial charge is 0.228 e. The molecule has 0 saturated carbocycles. The monoisotopic (exact) mass is 298 g/mol. The van der Waals surface area contributed by atoms with Crippen molar-refractivity contribution in [1.29, 1.82) is 5.26 Å². The molecule has 5 heteroatoms. The molecule has 1 fully saturated rings. The SMILES string of the molecule is N#Cc1cccc(Cl)c1N1CC(Br)CC1=O. The molecule has 82 valence electrons. The van der Waals surface area contributed by atoms with E-state index in [0.29, 0.717) is 29.2 Å². The maximum Gasteiger partial charge on any atom is 0.228 e. The van der Waals surface area contributed by atoms with Crippen LogP contribution in [0.1, 0.15) is 12.0 Å². The Kier molecular flexibility index (Phi) is 3.17. The molecule has 1 aromatic carbocycles. The highest BCUT2D eigenvalue weighted by atomic mass is 79.9. The molecule has 1 heterocycles. The fraction of sp³-hybridized carbons (Fsp3) is 0.273. The largest absolute Gasteiger partial charge is 0.309 e. The van der Waals surface area contributed by atoms with Gasteiger partial charge in [-0.2, -0.15) is 5.26 Å². The summed E-state index contributed by atoms with van der Waals surface area (Å²) in [5.74, 6) is -0.00789. The average Bonchev–Trinajstić information content (AvgIpc) is 2.57. The van der Waals surface area contributed by atoms with Gasteiger partial charge < -0.3 is 4.90 Å². The molecule has 1 atom stereocenters. The van der Waals surface area contributed by atoms with Gasteiger partial charge >= 0.3 is 0 Å². The Hall–Kier alpha value is -1.05. The standard InChI is InChI=1S/C11H8BrClN2O/c12-8-4-10(16)15(6-8)11-7(5-14)2-1-3-9(11)13/h1-3,8H,4,6H2. The molecule has 3 nitrogen and oxygen atoms in total. The third-order valence-electron chi connectivity index (χ3n) is 2.45. The molecule has 1 saturated heterocycles. The van der Waals surface area contributed by atoms with E-state index in [4.69, 9.17) is 16.9 Å². The number of alkyl halides is 1. The number of para-hydroxylation sites is 1. The number of rotatable bonds is 1. The Labute approximate surface area is 107 Å². The molecule has 0 aliphatic carbocycles. The Morgan fingerprint density at radius 1 is 1.56 bits per heavy atom. The quantitative estimate of drug-likeness (QED) is 0.748. The number of halogens is 2. The van der Waals surface area contributed by atoms with Gasteiger partial charge in [0.15, 0.2) is 0 Å². The second-order valence-corrected chi connectivity index (χ2v) is 5.26. The summed E-state index contributed by atoms with van der Waals surface area (Å²) in [6.07, 6.45) is 0.441. The van der Waals surface area contributed by atoms with E-state index < -0.39 is 0 Å². The van der Waals surface area contributed by atoms with E-state index in [1.54, 1.807) is 23.1 Å². The van der Waals surface area contributed by atoms with Crippen LogP contribution in [0.4, 0.5) is 5.69 Å². The normalized spacial score (nSPS) is 19.9. The van der Waals surface area contributed by atoms with Gasteiger partial charge in [0.05, 0.1) is 16.3 Å². The Bertz CT molecular complexity index is 483. The second kappa shape index (κ2) is 4.44. The number of anilines is 1. The molecule has 0 spiro atoms. The predicted molar refractivity (Wildman–Crippen MR) is 65.9 cm³/mol. The van der Waals surface area contributed by atoms with Crippen molar-refractivity contribution in [2.45, 2.75) is 11.2 Å². The first kappa shape index (κ1) is 11.4. The van der Waals surface area contributed by atoms with E-state index in [2.05, 4.69) is 22.0 Å². The summed E-state index contributed by atoms with van der Waals surface area (Å²) in [4.78, 5) is 13.4. The molecular formula is C11H8BrClN2O. The van der Waals surface area contributed by atoms with E-state index >= 15 is 0 Å². The van der Waals surface area contributed by atoms with E-state index in [1.165, 1.54) is 0 Å². The lowest BCUT2D eigenvalue weighted by Crippen LogP contribution is -2.25. The zero-order chi connectivity index (χ0) is 11.7. The molecule has 1 aliphatic rings. The van der Waals surface area contributed by atoms with Gasteiger partial charge in [-0.3, -0.25) is 4.79 Å². The van der Waals surface area contributed by atoms with E-state index in [9.17, 15) is 4.79 Å². The van der Waals surface area contributed by atoms with Crippen LogP contribution in [-0.2, 0) is 4.79 Å². The van der Waals surface area contributed by atoms with Crippen molar-refractivity contribution in [3.05, 3.63) is 28.8 Å². The highest BCUT2D eigenvalue weighted by Crippen LogP contribution is 2.33. The third kappa shape index (κ3) is 1.93. The predicted octanol–water partition coefficient (Wildman–Crippen LogP) is 2.71. The van der Waals surface area contributed by atoms with Gasteiger partial charge in [-0.1, -0.05) is 33.6 Å². The van der Waals surface area contributed by atoms with Crippen LogP contribution in [-0.4, -0.2) is 17.3 Å². The lowest BCUT2D eigenvalue weighted by atomic mass is 10.2. The van der Waals surface area contributed by atoms with Gasteiger partial charge in [-0.05, 0) is 12.1 Å². The van der Waals surface area contributed by atoms with Crippen molar-refractivity contribution in [2.75, 3.05) is 11.4 Å². The number of carbonyl (C=O) groups is 1. The van der Waals surface area contributed by atoms with E-state index in [0.717, 1.165) is 0 Å². The second-order valence-electron chi connectivity index (χ2n) is 3.55. The number of amides is 1. The summed E-state index contributed by atoms with van der Waals surface area (Å²) in [5, 5.41) is 9.44. The fourth-order valence-electron chi connectivity index (χ4n) is 1.76. The van der Waals surface area contributed by atoms with Crippen molar-refractivity contribution < 1.29 is 4.79 Å². The molecule has 0 radical (unpaired) electrons. The van der Waals surface area contributed by atoms with Crippen molar-refractivity contribution in [2.24, 2.45) is 0 Å². The Balaban J connectivity index is 2.48. The third-order valence-corrected chi connectivity index (χ3v) is 3.37. The van der Waals surface area contributed by atoms with Crippen LogP contribution in [0.3, 0.4) is 0 Å². The van der Waals surface area contributed by atoms with Gasteiger partial charge in [0.1, 0.15) is 6.07 Å². The topological polar surface area (TPSA) is 44.1 Å². The maximum absolute atomic E-state index is 11.7. The molecule has 1 aromatic rings. The molecule has 2 rings (SSSR count). The van der Waals surface area contributed by atoms with Gasteiger partial charge in [-0.15, -0.1) is 0 Å². The highest BCUT2D eigenvalue weighted by Gasteiger charge is 2.31. The van der Waals surface area contributed by atoms with Gasteiger partial charge in [0, 0.05) is 17.8 Å². The van der Waals surface area contributed by atoms with Gasteiger partial charge in [0.2, 0.25) is 5.91 Å². The summed E-state index contributed by atoms with van der Waals surface area (Å²) < 4.78 is 0. The van der Waals surface area contributed by atoms with Crippen molar-refractivity contribution in [3.8, 4) is 6.07 Å². The lowest BCUT2D eigenvalue weighted by Gasteiger charge is -2.18. The molecule has 16 heavy (non-hydrogen) atoms. The summed E-state index contributed by atoms with van der Waals surface area (Å²) in [7, 11) is 0. The summed E-state index contributed by atoms with van der Waals surface area (Å²) in [6, 6.07) is 7.11. The first-order valence-electron chi connectivity index (χ1n) is 4.76. The van der Waals surface area contributed by atoms with Crippen molar-refractivity contribution in [3.63, 3.8) is 0 Å². The molecule has 1 aliphatic heterocycles. The average molecular weight is 300 g/mol. The van der Waals surface area contributed by atoms with E-state index in [1.807, 2.05) is 0 Å². The van der Waals surface area contributed by atoms with Crippen LogP contribution in [0, 0.1) is 11.3 Å². The maximum atomic E-state index is 11.7. The number of carbonyl (C=O) groups excluding carboxylic acids is 1. The first-order chi connectivity index (χ1) is 7.63. The Morgan fingerprint density at radius 3 is 2.88 bits per heavy atom. The number of nitrogens with zero attached hydrogens (tertiary/aromatic N) is 2. The highest BCUT2D eigenvalue weighted by molar-refractivity contribution is 9.09. The number of hydrogen-bond acceptors (Lipinski definition) is 2. The zero-order valence-electron chi connectivity index (χ0n) is 8.28. The minimum atomic E-state index is -0.00789. The number of nitriles is 1. The van der Waals surface area contributed by atoms with Crippen molar-refractivity contribution >= 4 is 39.1 Å². The van der Waals surface area contributed by atoms with Crippen LogP contribution < -0.4 is 4.90 Å². The molecule has 0 aromatic heterocycles. The van der Waals surface area contributed by atoms with Crippen molar-refractivity contribution in [1.82, 2.24) is 0 Å². The molecular weight excluding hydrogens is 291 g/mol. The minimum Gasteiger partial charge on any atom is -0.309 e. The number of hydrogen-bond donors (Lipinski definition) is 0. The summed E-state index contributed by atoms with van der Waals surface area (Å²) in [5.41, 5.74) is 0.959. The number of benzene rings is 1. The van der Waals surface area contributed by atoms with Gasteiger partial charge in [-0.25, -0.2) is 0 Å². The summed E-state index contributed by atoms with van der Waals surface area (Å²) >= 11 is 9.44. The minimum absolute atomic E-state index is 0.00789. The van der Waals surface area contributed by atoms with Crippen LogP contribution in [0.2, 0.25) is 5.02 Å². The van der Waals surface area contributed by atoms with Crippen LogP contribution in [0.25, 0.3) is 0 Å². The molecule has 1 amide bonds. The molecule has 0 bridgehead atoms. The lowest BCUT2D eigenvalue weighted by molar-refractivity contribution is -0.117. The fourth-order valence-corrected chi connectivity index (χ4v) is 2.60. The van der Waals surface area contributed by atoms with Gasteiger partial charge in [0.25, 0.3) is 0 Å². The van der Waals surface area contributed by atoms with Crippen LogP contribution >= 0.6 is 27.5 Å². The molecule has 0 N–H and O–H groups in total. The molecule has 1 unspecified atom stereocenters. The first-order valence-corrected chi connectivity index (χ1v) is 6.06. The Morgan fingerprint density at radius 2 is 2.31 bits per heavy atom. The van der Waals surface area contributed by atoms with E-state index in [-0.39, 0.29) is 10.7 Å². The van der Waals surface area contributed by atoms with Crippen LogP contribution in [0.15, 0.2) is 18.2 Å². The summed E-state index contributed by atoms with van der Waals surface area (Å²) in [6.45, 7) is 0.553. The zero-order valence-corrected chi connectivity index (χ0v) is 10.6. The van der Waals surface area contributed by atoms with Crippen LogP contribution in [0.5, 0.6) is 0 Å².